The van der Waals surface area contributed by atoms with Crippen LogP contribution in [0.4, 0.5) is 5.95 Å². The summed E-state index contributed by atoms with van der Waals surface area (Å²) in [5.41, 5.74) is 1.97. The van der Waals surface area contributed by atoms with Crippen molar-refractivity contribution in [1.82, 2.24) is 15.0 Å². The van der Waals surface area contributed by atoms with Crippen molar-refractivity contribution in [2.24, 2.45) is 0 Å². The third-order valence-corrected chi connectivity index (χ3v) is 3.50. The van der Waals surface area contributed by atoms with E-state index in [1.54, 1.807) is 19.5 Å². The lowest BCUT2D eigenvalue weighted by molar-refractivity contribution is 0.107. The van der Waals surface area contributed by atoms with Gasteiger partial charge in [-0.15, -0.1) is 0 Å². The molecule has 1 N–H and O–H groups in total. The molecule has 3 rings (SSSR count). The molecule has 0 aliphatic carbocycles. The second-order valence-electron chi connectivity index (χ2n) is 4.99. The topological polar surface area (TPSA) is 69.2 Å². The van der Waals surface area contributed by atoms with Gasteiger partial charge in [0, 0.05) is 36.3 Å². The Balaban J connectivity index is 1.75. The van der Waals surface area contributed by atoms with Gasteiger partial charge in [0.25, 0.3) is 0 Å². The van der Waals surface area contributed by atoms with Crippen LogP contribution in [0.25, 0.3) is 0 Å². The fourth-order valence-electron chi connectivity index (χ4n) is 2.43. The Morgan fingerprint density at radius 2 is 2.19 bits per heavy atom. The summed E-state index contributed by atoms with van der Waals surface area (Å²) in [7, 11) is 1.60. The van der Waals surface area contributed by atoms with Crippen LogP contribution in [-0.2, 0) is 4.74 Å². The first-order valence-corrected chi connectivity index (χ1v) is 6.94. The second kappa shape index (κ2) is 6.05. The van der Waals surface area contributed by atoms with Gasteiger partial charge in [0.05, 0.1) is 13.2 Å². The number of nitrogens with one attached hydrogen (secondary N) is 1. The largest absolute Gasteiger partial charge is 0.481 e. The lowest BCUT2D eigenvalue weighted by atomic mass is 10.0. The highest BCUT2D eigenvalue weighted by Crippen LogP contribution is 2.31. The van der Waals surface area contributed by atoms with Crippen molar-refractivity contribution >= 4 is 5.95 Å². The Morgan fingerprint density at radius 3 is 2.90 bits per heavy atom. The first-order chi connectivity index (χ1) is 10.3. The maximum atomic E-state index is 5.83. The van der Waals surface area contributed by atoms with Crippen LogP contribution in [0.1, 0.15) is 23.8 Å². The van der Waals surface area contributed by atoms with Crippen LogP contribution < -0.4 is 10.1 Å². The third kappa shape index (κ3) is 3.11. The molecule has 6 nitrogen and oxygen atoms in total. The van der Waals surface area contributed by atoms with E-state index in [4.69, 9.17) is 9.47 Å². The summed E-state index contributed by atoms with van der Waals surface area (Å²) in [6.45, 7) is 2.66. The molecule has 1 saturated heterocycles. The zero-order valence-corrected chi connectivity index (χ0v) is 12.1. The van der Waals surface area contributed by atoms with Gasteiger partial charge in [-0.3, -0.25) is 0 Å². The first-order valence-electron chi connectivity index (χ1n) is 6.94. The fraction of sp³-hybridized carbons (Fsp3) is 0.400. The summed E-state index contributed by atoms with van der Waals surface area (Å²) in [5, 5.41) is 3.35. The molecule has 0 unspecified atom stereocenters. The quantitative estimate of drug-likeness (QED) is 0.928. The van der Waals surface area contributed by atoms with E-state index in [1.165, 1.54) is 0 Å². The van der Waals surface area contributed by atoms with E-state index >= 15 is 0 Å². The van der Waals surface area contributed by atoms with Crippen molar-refractivity contribution in [1.29, 1.82) is 0 Å². The van der Waals surface area contributed by atoms with Gasteiger partial charge >= 0.3 is 0 Å². The molecule has 1 aliphatic rings. The molecule has 0 spiro atoms. The molecule has 1 aliphatic heterocycles. The average molecular weight is 286 g/mol. The monoisotopic (exact) mass is 286 g/mol. The minimum atomic E-state index is -0.0486. The Morgan fingerprint density at radius 1 is 1.29 bits per heavy atom. The molecular weight excluding hydrogens is 268 g/mol. The third-order valence-electron chi connectivity index (χ3n) is 3.50. The molecule has 21 heavy (non-hydrogen) atoms. The van der Waals surface area contributed by atoms with Gasteiger partial charge in [-0.2, -0.15) is 0 Å². The summed E-state index contributed by atoms with van der Waals surface area (Å²) in [4.78, 5) is 12.9. The summed E-state index contributed by atoms with van der Waals surface area (Å²) in [5.74, 6) is 1.24. The minimum Gasteiger partial charge on any atom is -0.481 e. The number of ether oxygens (including phenoxy) is 2. The second-order valence-corrected chi connectivity index (χ2v) is 4.99. The number of hydrogen-bond acceptors (Lipinski definition) is 6. The SMILES string of the molecule is COc1ccc([C@H]2OCC[C@@H]2Nc2nccc(C)n2)cn1. The van der Waals surface area contributed by atoms with Crippen LogP contribution >= 0.6 is 0 Å². The van der Waals surface area contributed by atoms with Crippen LogP contribution in [0.2, 0.25) is 0 Å². The van der Waals surface area contributed by atoms with E-state index in [-0.39, 0.29) is 12.1 Å². The molecular formula is C15H18N4O2. The first kappa shape index (κ1) is 13.8. The van der Waals surface area contributed by atoms with Gasteiger partial charge < -0.3 is 14.8 Å². The van der Waals surface area contributed by atoms with E-state index in [1.807, 2.05) is 25.1 Å². The minimum absolute atomic E-state index is 0.0486. The van der Waals surface area contributed by atoms with E-state index in [9.17, 15) is 0 Å². The van der Waals surface area contributed by atoms with Gasteiger partial charge in [0.15, 0.2) is 0 Å². The summed E-state index contributed by atoms with van der Waals surface area (Å²) in [6.07, 6.45) is 4.41. The Kier molecular flexibility index (Phi) is 3.96. The molecule has 2 aromatic rings. The highest BCUT2D eigenvalue weighted by Gasteiger charge is 2.30. The van der Waals surface area contributed by atoms with Crippen LogP contribution in [-0.4, -0.2) is 34.7 Å². The molecule has 0 bridgehead atoms. The van der Waals surface area contributed by atoms with Crippen LogP contribution in [0, 0.1) is 6.92 Å². The number of anilines is 1. The summed E-state index contributed by atoms with van der Waals surface area (Å²) in [6, 6.07) is 5.84. The van der Waals surface area contributed by atoms with Crippen molar-refractivity contribution in [3.63, 3.8) is 0 Å². The van der Waals surface area contributed by atoms with Crippen molar-refractivity contribution in [2.75, 3.05) is 19.0 Å². The normalized spacial score (nSPS) is 21.2. The van der Waals surface area contributed by atoms with E-state index in [0.717, 1.165) is 17.7 Å². The molecule has 3 heterocycles. The smallest absolute Gasteiger partial charge is 0.223 e. The van der Waals surface area contributed by atoms with Crippen molar-refractivity contribution < 1.29 is 9.47 Å². The highest BCUT2D eigenvalue weighted by molar-refractivity contribution is 5.30. The standard InChI is InChI=1S/C15H18N4O2/c1-10-5-7-16-15(18-10)19-12-6-8-21-14(12)11-3-4-13(20-2)17-9-11/h3-5,7,9,12,14H,6,8H2,1-2H3,(H,16,18,19)/t12-,14+/m0/s1. The van der Waals surface area contributed by atoms with Crippen molar-refractivity contribution in [3.8, 4) is 5.88 Å². The van der Waals surface area contributed by atoms with Gasteiger partial charge in [-0.1, -0.05) is 0 Å². The maximum absolute atomic E-state index is 5.83. The zero-order chi connectivity index (χ0) is 14.7. The zero-order valence-electron chi connectivity index (χ0n) is 12.1. The molecule has 0 aromatic carbocycles. The summed E-state index contributed by atoms with van der Waals surface area (Å²) >= 11 is 0. The Hall–Kier alpha value is -2.21. The van der Waals surface area contributed by atoms with Crippen molar-refractivity contribution in [3.05, 3.63) is 41.9 Å². The van der Waals surface area contributed by atoms with E-state index in [2.05, 4.69) is 20.3 Å². The molecule has 0 amide bonds. The van der Waals surface area contributed by atoms with Gasteiger partial charge in [0.1, 0.15) is 6.10 Å². The Bertz CT molecular complexity index is 603. The lowest BCUT2D eigenvalue weighted by Gasteiger charge is -2.20. The number of aromatic nitrogens is 3. The lowest BCUT2D eigenvalue weighted by Crippen LogP contribution is -2.24. The Labute approximate surface area is 123 Å². The van der Waals surface area contributed by atoms with Crippen molar-refractivity contribution in [2.45, 2.75) is 25.5 Å². The van der Waals surface area contributed by atoms with Crippen LogP contribution in [0.3, 0.4) is 0 Å². The number of hydrogen-bond donors (Lipinski definition) is 1. The fourth-order valence-corrected chi connectivity index (χ4v) is 2.43. The highest BCUT2D eigenvalue weighted by atomic mass is 16.5. The predicted molar refractivity (Wildman–Crippen MR) is 78.3 cm³/mol. The van der Waals surface area contributed by atoms with Crippen LogP contribution in [0.5, 0.6) is 5.88 Å². The van der Waals surface area contributed by atoms with Gasteiger partial charge in [-0.25, -0.2) is 15.0 Å². The number of rotatable bonds is 4. The number of pyridine rings is 1. The molecule has 0 radical (unpaired) electrons. The number of nitrogens with zero attached hydrogens (tertiary/aromatic N) is 3. The van der Waals surface area contributed by atoms with Crippen LogP contribution in [0.15, 0.2) is 30.6 Å². The number of aryl methyl sites for hydroxylation is 1. The predicted octanol–water partition coefficient (Wildman–Crippen LogP) is 2.13. The molecule has 110 valence electrons. The molecule has 2 aromatic heterocycles. The molecule has 6 heteroatoms. The molecule has 0 saturated carbocycles. The van der Waals surface area contributed by atoms with E-state index < -0.39 is 0 Å². The maximum Gasteiger partial charge on any atom is 0.223 e. The number of methoxy groups -OCH3 is 1. The summed E-state index contributed by atoms with van der Waals surface area (Å²) < 4.78 is 10.9. The van der Waals surface area contributed by atoms with Gasteiger partial charge in [0.2, 0.25) is 11.8 Å². The van der Waals surface area contributed by atoms with E-state index in [0.29, 0.717) is 18.4 Å². The molecule has 1 fully saturated rings. The molecule has 2 atom stereocenters. The average Bonchev–Trinajstić information content (AvgIpc) is 2.95. The van der Waals surface area contributed by atoms with Gasteiger partial charge in [-0.05, 0) is 25.5 Å².